The fourth-order valence-electron chi connectivity index (χ4n) is 1.34. The molecule has 0 radical (unpaired) electrons. The van der Waals surface area contributed by atoms with E-state index in [0.29, 0.717) is 5.92 Å². The van der Waals surface area contributed by atoms with Crippen LogP contribution in [-0.4, -0.2) is 24.8 Å². The highest BCUT2D eigenvalue weighted by molar-refractivity contribution is 5.75. The molecule has 0 aromatic carbocycles. The number of ether oxygens (including phenoxy) is 2. The van der Waals surface area contributed by atoms with E-state index in [1.165, 1.54) is 0 Å². The highest BCUT2D eigenvalue weighted by atomic mass is 16.6. The van der Waals surface area contributed by atoms with Crippen molar-refractivity contribution in [3.63, 3.8) is 0 Å². The molecule has 2 atom stereocenters. The van der Waals surface area contributed by atoms with E-state index in [2.05, 4.69) is 13.8 Å². The van der Waals surface area contributed by atoms with Crippen molar-refractivity contribution in [2.24, 2.45) is 5.92 Å². The van der Waals surface area contributed by atoms with Crippen LogP contribution in [-0.2, 0) is 14.3 Å². The lowest BCUT2D eigenvalue weighted by molar-refractivity contribution is -0.167. The van der Waals surface area contributed by atoms with Crippen molar-refractivity contribution in [1.29, 1.82) is 0 Å². The van der Waals surface area contributed by atoms with Crippen molar-refractivity contribution >= 4 is 5.97 Å². The predicted octanol–water partition coefficient (Wildman–Crippen LogP) is 3.17. The van der Waals surface area contributed by atoms with E-state index in [1.807, 2.05) is 20.8 Å². The van der Waals surface area contributed by atoms with Crippen molar-refractivity contribution < 1.29 is 14.3 Å². The first-order valence-corrected chi connectivity index (χ1v) is 6.05. The molecule has 0 aliphatic rings. The van der Waals surface area contributed by atoms with E-state index >= 15 is 0 Å². The maximum atomic E-state index is 11.7. The predicted molar refractivity (Wildman–Crippen MR) is 65.3 cm³/mol. The minimum absolute atomic E-state index is 0.252. The normalized spacial score (nSPS) is 15.6. The van der Waals surface area contributed by atoms with Crippen LogP contribution in [0, 0.1) is 5.92 Å². The van der Waals surface area contributed by atoms with Gasteiger partial charge in [0.2, 0.25) is 0 Å². The quantitative estimate of drug-likeness (QED) is 0.657. The minimum Gasteiger partial charge on any atom is -0.458 e. The Morgan fingerprint density at radius 2 is 1.81 bits per heavy atom. The van der Waals surface area contributed by atoms with Gasteiger partial charge in [0.05, 0.1) is 0 Å². The molecule has 0 fully saturated rings. The Morgan fingerprint density at radius 3 is 2.19 bits per heavy atom. The molecule has 3 nitrogen and oxygen atoms in total. The topological polar surface area (TPSA) is 35.5 Å². The maximum absolute atomic E-state index is 11.7. The molecule has 0 aromatic heterocycles. The number of rotatable bonds is 6. The van der Waals surface area contributed by atoms with E-state index in [0.717, 1.165) is 19.3 Å². The fraction of sp³-hybridized carbons (Fsp3) is 0.923. The molecule has 16 heavy (non-hydrogen) atoms. The third-order valence-electron chi connectivity index (χ3n) is 2.57. The number of carbonyl (C=O) groups excluding carboxylic acids is 1. The van der Waals surface area contributed by atoms with Crippen LogP contribution in [0.1, 0.15) is 53.9 Å². The van der Waals surface area contributed by atoms with Crippen LogP contribution in [0.25, 0.3) is 0 Å². The summed E-state index contributed by atoms with van der Waals surface area (Å²) in [5.41, 5.74) is -0.440. The van der Waals surface area contributed by atoms with Gasteiger partial charge >= 0.3 is 5.97 Å². The zero-order valence-corrected chi connectivity index (χ0v) is 11.5. The molecular formula is C13H26O3. The smallest absolute Gasteiger partial charge is 0.335 e. The molecule has 0 spiro atoms. The summed E-state index contributed by atoms with van der Waals surface area (Å²) in [4.78, 5) is 11.7. The number of hydrogen-bond donors (Lipinski definition) is 0. The molecule has 0 aliphatic carbocycles. The SMILES string of the molecule is CCC(C)CCC(OC)C(=O)OC(C)(C)C. The van der Waals surface area contributed by atoms with Gasteiger partial charge < -0.3 is 9.47 Å². The van der Waals surface area contributed by atoms with Gasteiger partial charge in [0.25, 0.3) is 0 Å². The molecule has 96 valence electrons. The Morgan fingerprint density at radius 1 is 1.25 bits per heavy atom. The Balaban J connectivity index is 4.12. The summed E-state index contributed by atoms with van der Waals surface area (Å²) in [6.45, 7) is 9.94. The average Bonchev–Trinajstić information content (AvgIpc) is 2.15. The van der Waals surface area contributed by atoms with Crippen LogP contribution in [0.4, 0.5) is 0 Å². The lowest BCUT2D eigenvalue weighted by atomic mass is 10.0. The zero-order valence-electron chi connectivity index (χ0n) is 11.5. The van der Waals surface area contributed by atoms with Crippen LogP contribution < -0.4 is 0 Å². The van der Waals surface area contributed by atoms with Gasteiger partial charge in [-0.1, -0.05) is 20.3 Å². The van der Waals surface area contributed by atoms with Gasteiger partial charge in [-0.25, -0.2) is 4.79 Å². The molecular weight excluding hydrogens is 204 g/mol. The minimum atomic E-state index is -0.440. The van der Waals surface area contributed by atoms with Crippen molar-refractivity contribution in [3.05, 3.63) is 0 Å². The molecule has 2 unspecified atom stereocenters. The third-order valence-corrected chi connectivity index (χ3v) is 2.57. The monoisotopic (exact) mass is 230 g/mol. The van der Waals surface area contributed by atoms with Crippen molar-refractivity contribution in [1.82, 2.24) is 0 Å². The van der Waals surface area contributed by atoms with Gasteiger partial charge in [-0.3, -0.25) is 0 Å². The van der Waals surface area contributed by atoms with Gasteiger partial charge in [0.1, 0.15) is 5.60 Å². The molecule has 0 rings (SSSR count). The van der Waals surface area contributed by atoms with E-state index < -0.39 is 11.7 Å². The molecule has 0 saturated carbocycles. The molecule has 3 heteroatoms. The second-order valence-corrected chi connectivity index (χ2v) is 5.35. The van der Waals surface area contributed by atoms with Crippen molar-refractivity contribution in [2.45, 2.75) is 65.6 Å². The van der Waals surface area contributed by atoms with Crippen LogP contribution in [0.3, 0.4) is 0 Å². The summed E-state index contributed by atoms with van der Waals surface area (Å²) in [5, 5.41) is 0. The Labute approximate surface area is 99.5 Å². The highest BCUT2D eigenvalue weighted by Crippen LogP contribution is 2.16. The summed E-state index contributed by atoms with van der Waals surface area (Å²) in [6, 6.07) is 0. The Hall–Kier alpha value is -0.570. The average molecular weight is 230 g/mol. The van der Waals surface area contributed by atoms with E-state index in [9.17, 15) is 4.79 Å². The Kier molecular flexibility index (Phi) is 6.65. The second kappa shape index (κ2) is 6.89. The Bertz CT molecular complexity index is 206. The molecule has 0 aromatic rings. The standard InChI is InChI=1S/C13H26O3/c1-7-10(2)8-9-11(15-6)12(14)16-13(3,4)5/h10-11H,7-9H2,1-6H3. The van der Waals surface area contributed by atoms with Gasteiger partial charge in [-0.15, -0.1) is 0 Å². The summed E-state index contributed by atoms with van der Waals surface area (Å²) in [5.74, 6) is 0.374. The summed E-state index contributed by atoms with van der Waals surface area (Å²) in [7, 11) is 1.56. The van der Waals surface area contributed by atoms with E-state index in [1.54, 1.807) is 7.11 Å². The molecule has 0 bridgehead atoms. The van der Waals surface area contributed by atoms with Crippen molar-refractivity contribution in [2.75, 3.05) is 7.11 Å². The summed E-state index contributed by atoms with van der Waals surface area (Å²) < 4.78 is 10.5. The largest absolute Gasteiger partial charge is 0.458 e. The van der Waals surface area contributed by atoms with Crippen LogP contribution in [0.5, 0.6) is 0 Å². The lowest BCUT2D eigenvalue weighted by Gasteiger charge is -2.23. The van der Waals surface area contributed by atoms with E-state index in [4.69, 9.17) is 9.47 Å². The number of hydrogen-bond acceptors (Lipinski definition) is 3. The van der Waals surface area contributed by atoms with Gasteiger partial charge in [-0.2, -0.15) is 0 Å². The summed E-state index contributed by atoms with van der Waals surface area (Å²) >= 11 is 0. The molecule has 0 aliphatic heterocycles. The second-order valence-electron chi connectivity index (χ2n) is 5.35. The molecule has 0 saturated heterocycles. The first-order chi connectivity index (χ1) is 7.30. The zero-order chi connectivity index (χ0) is 12.8. The first kappa shape index (κ1) is 15.4. The summed E-state index contributed by atoms with van der Waals surface area (Å²) in [6.07, 6.45) is 2.44. The highest BCUT2D eigenvalue weighted by Gasteiger charge is 2.24. The fourth-order valence-corrected chi connectivity index (χ4v) is 1.34. The van der Waals surface area contributed by atoms with Crippen LogP contribution >= 0.6 is 0 Å². The number of methoxy groups -OCH3 is 1. The number of carbonyl (C=O) groups is 1. The lowest BCUT2D eigenvalue weighted by Crippen LogP contribution is -2.33. The first-order valence-electron chi connectivity index (χ1n) is 6.05. The van der Waals surface area contributed by atoms with Crippen LogP contribution in [0.2, 0.25) is 0 Å². The molecule has 0 N–H and O–H groups in total. The van der Waals surface area contributed by atoms with Gasteiger partial charge in [0, 0.05) is 7.11 Å². The molecule has 0 heterocycles. The molecule has 0 amide bonds. The third kappa shape index (κ3) is 6.83. The maximum Gasteiger partial charge on any atom is 0.335 e. The van der Waals surface area contributed by atoms with Gasteiger partial charge in [-0.05, 0) is 39.5 Å². The van der Waals surface area contributed by atoms with Crippen LogP contribution in [0.15, 0.2) is 0 Å². The van der Waals surface area contributed by atoms with Crippen molar-refractivity contribution in [3.8, 4) is 0 Å². The van der Waals surface area contributed by atoms with E-state index in [-0.39, 0.29) is 5.97 Å². The number of esters is 1. The van der Waals surface area contributed by atoms with Gasteiger partial charge in [0.15, 0.2) is 6.10 Å².